The first kappa shape index (κ1) is 15.3. The predicted molar refractivity (Wildman–Crippen MR) is 83.4 cm³/mol. The van der Waals surface area contributed by atoms with Gasteiger partial charge in [-0.3, -0.25) is 0 Å². The minimum absolute atomic E-state index is 0.0344. The maximum absolute atomic E-state index is 12.3. The third-order valence-electron chi connectivity index (χ3n) is 4.75. The van der Waals surface area contributed by atoms with Crippen molar-refractivity contribution in [2.75, 3.05) is 19.7 Å². The number of nitrogens with one attached hydrogen (secondary N) is 1. The SMILES string of the molecule is CC(O)C1CCN(C(=O)NCc2cccc3c2CCOC3)C1. The number of hydrogen-bond acceptors (Lipinski definition) is 3. The molecule has 3 rings (SSSR count). The van der Waals surface area contributed by atoms with E-state index in [1.54, 1.807) is 11.8 Å². The maximum Gasteiger partial charge on any atom is 0.317 e. The Morgan fingerprint density at radius 3 is 3.18 bits per heavy atom. The van der Waals surface area contributed by atoms with Crippen molar-refractivity contribution in [3.63, 3.8) is 0 Å². The fraction of sp³-hybridized carbons (Fsp3) is 0.588. The van der Waals surface area contributed by atoms with Crippen molar-refractivity contribution < 1.29 is 14.6 Å². The van der Waals surface area contributed by atoms with Crippen LogP contribution in [0.25, 0.3) is 0 Å². The maximum atomic E-state index is 12.3. The molecule has 5 nitrogen and oxygen atoms in total. The van der Waals surface area contributed by atoms with E-state index in [9.17, 15) is 9.90 Å². The van der Waals surface area contributed by atoms with Crippen molar-refractivity contribution >= 4 is 6.03 Å². The molecular weight excluding hydrogens is 280 g/mol. The zero-order valence-corrected chi connectivity index (χ0v) is 13.0. The Bertz CT molecular complexity index is 545. The summed E-state index contributed by atoms with van der Waals surface area (Å²) in [5.41, 5.74) is 3.73. The lowest BCUT2D eigenvalue weighted by molar-refractivity contribution is 0.110. The normalized spacial score (nSPS) is 22.3. The van der Waals surface area contributed by atoms with Gasteiger partial charge in [-0.2, -0.15) is 0 Å². The van der Waals surface area contributed by atoms with E-state index in [0.29, 0.717) is 19.7 Å². The number of aliphatic hydroxyl groups is 1. The standard InChI is InChI=1S/C17H24N2O3/c1-12(20)14-5-7-19(10-14)17(21)18-9-13-3-2-4-15-11-22-8-6-16(13)15/h2-4,12,14,20H,5-11H2,1H3,(H,18,21). The number of benzene rings is 1. The molecule has 0 saturated carbocycles. The number of hydrogen-bond donors (Lipinski definition) is 2. The second-order valence-electron chi connectivity index (χ2n) is 6.25. The fourth-order valence-corrected chi connectivity index (χ4v) is 3.31. The molecule has 0 aliphatic carbocycles. The third-order valence-corrected chi connectivity index (χ3v) is 4.75. The Labute approximate surface area is 131 Å². The van der Waals surface area contributed by atoms with E-state index >= 15 is 0 Å². The number of amides is 2. The molecule has 1 fully saturated rings. The lowest BCUT2D eigenvalue weighted by Crippen LogP contribution is -2.39. The lowest BCUT2D eigenvalue weighted by Gasteiger charge is -2.22. The van der Waals surface area contributed by atoms with Gasteiger partial charge in [0.15, 0.2) is 0 Å². The Kier molecular flexibility index (Phi) is 4.64. The Hall–Kier alpha value is -1.59. The number of ether oxygens (including phenoxy) is 1. The number of aliphatic hydroxyl groups excluding tert-OH is 1. The van der Waals surface area contributed by atoms with Gasteiger partial charge in [-0.25, -0.2) is 4.79 Å². The van der Waals surface area contributed by atoms with Crippen molar-refractivity contribution in [1.29, 1.82) is 0 Å². The summed E-state index contributed by atoms with van der Waals surface area (Å²) in [6.07, 6.45) is 1.44. The van der Waals surface area contributed by atoms with Crippen molar-refractivity contribution in [1.82, 2.24) is 10.2 Å². The van der Waals surface area contributed by atoms with Crippen LogP contribution in [0.5, 0.6) is 0 Å². The van der Waals surface area contributed by atoms with Crippen LogP contribution in [-0.2, 0) is 24.3 Å². The minimum atomic E-state index is -0.348. The van der Waals surface area contributed by atoms with Crippen LogP contribution in [0.2, 0.25) is 0 Å². The number of carbonyl (C=O) groups excluding carboxylic acids is 1. The predicted octanol–water partition coefficient (Wildman–Crippen LogP) is 1.67. The summed E-state index contributed by atoms with van der Waals surface area (Å²) in [4.78, 5) is 14.1. The van der Waals surface area contributed by atoms with E-state index in [1.165, 1.54) is 16.7 Å². The molecule has 1 aromatic carbocycles. The van der Waals surface area contributed by atoms with E-state index in [0.717, 1.165) is 26.0 Å². The van der Waals surface area contributed by atoms with E-state index in [1.807, 2.05) is 6.07 Å². The van der Waals surface area contributed by atoms with Gasteiger partial charge in [-0.05, 0) is 36.5 Å². The van der Waals surface area contributed by atoms with Gasteiger partial charge < -0.3 is 20.1 Å². The zero-order chi connectivity index (χ0) is 15.5. The second kappa shape index (κ2) is 6.67. The van der Waals surface area contributed by atoms with Gasteiger partial charge in [0.25, 0.3) is 0 Å². The molecular formula is C17H24N2O3. The van der Waals surface area contributed by atoms with Gasteiger partial charge >= 0.3 is 6.03 Å². The molecule has 2 unspecified atom stereocenters. The number of urea groups is 1. The molecule has 2 aliphatic rings. The average molecular weight is 304 g/mol. The molecule has 0 bridgehead atoms. The molecule has 0 aromatic heterocycles. The van der Waals surface area contributed by atoms with Crippen molar-refractivity contribution in [3.8, 4) is 0 Å². The second-order valence-corrected chi connectivity index (χ2v) is 6.25. The number of fused-ring (bicyclic) bond motifs is 1. The van der Waals surface area contributed by atoms with E-state index in [4.69, 9.17) is 4.74 Å². The monoisotopic (exact) mass is 304 g/mol. The topological polar surface area (TPSA) is 61.8 Å². The first-order valence-corrected chi connectivity index (χ1v) is 8.03. The van der Waals surface area contributed by atoms with Gasteiger partial charge in [0.2, 0.25) is 0 Å². The van der Waals surface area contributed by atoms with Crippen molar-refractivity contribution in [2.45, 2.75) is 39.0 Å². The van der Waals surface area contributed by atoms with Crippen molar-refractivity contribution in [2.24, 2.45) is 5.92 Å². The fourth-order valence-electron chi connectivity index (χ4n) is 3.31. The highest BCUT2D eigenvalue weighted by atomic mass is 16.5. The van der Waals surface area contributed by atoms with Crippen LogP contribution in [0.4, 0.5) is 4.79 Å². The summed E-state index contributed by atoms with van der Waals surface area (Å²) >= 11 is 0. The van der Waals surface area contributed by atoms with Gasteiger partial charge in [-0.15, -0.1) is 0 Å². The lowest BCUT2D eigenvalue weighted by atomic mass is 9.97. The Morgan fingerprint density at radius 1 is 1.55 bits per heavy atom. The smallest absolute Gasteiger partial charge is 0.317 e. The molecule has 2 atom stereocenters. The van der Waals surface area contributed by atoms with E-state index in [-0.39, 0.29) is 18.1 Å². The van der Waals surface area contributed by atoms with Crippen molar-refractivity contribution in [3.05, 3.63) is 34.9 Å². The van der Waals surface area contributed by atoms with Gasteiger partial charge in [0, 0.05) is 25.6 Å². The van der Waals surface area contributed by atoms with Crippen LogP contribution in [0.15, 0.2) is 18.2 Å². The summed E-state index contributed by atoms with van der Waals surface area (Å²) in [7, 11) is 0. The molecule has 2 amide bonds. The highest BCUT2D eigenvalue weighted by molar-refractivity contribution is 5.74. The van der Waals surface area contributed by atoms with Crippen LogP contribution < -0.4 is 5.32 Å². The Balaban J connectivity index is 1.58. The van der Waals surface area contributed by atoms with E-state index < -0.39 is 0 Å². The molecule has 2 N–H and O–H groups in total. The summed E-state index contributed by atoms with van der Waals surface area (Å²) in [5, 5.41) is 12.6. The molecule has 1 aromatic rings. The molecule has 2 aliphatic heterocycles. The number of carbonyl (C=O) groups is 1. The molecule has 1 saturated heterocycles. The molecule has 22 heavy (non-hydrogen) atoms. The molecule has 2 heterocycles. The molecule has 5 heteroatoms. The van der Waals surface area contributed by atoms with E-state index in [2.05, 4.69) is 17.4 Å². The van der Waals surface area contributed by atoms with Gasteiger partial charge in [0.1, 0.15) is 0 Å². The highest BCUT2D eigenvalue weighted by Crippen LogP contribution is 2.22. The first-order chi connectivity index (χ1) is 10.6. The summed E-state index contributed by atoms with van der Waals surface area (Å²) in [6.45, 7) is 5.13. The largest absolute Gasteiger partial charge is 0.393 e. The summed E-state index contributed by atoms with van der Waals surface area (Å²) in [5.74, 6) is 0.201. The first-order valence-electron chi connectivity index (χ1n) is 8.03. The molecule has 0 radical (unpaired) electrons. The van der Waals surface area contributed by atoms with Gasteiger partial charge in [0.05, 0.1) is 19.3 Å². The van der Waals surface area contributed by atoms with Gasteiger partial charge in [-0.1, -0.05) is 18.2 Å². The average Bonchev–Trinajstić information content (AvgIpc) is 3.03. The van der Waals surface area contributed by atoms with Crippen LogP contribution in [0, 0.1) is 5.92 Å². The Morgan fingerprint density at radius 2 is 2.41 bits per heavy atom. The molecule has 120 valence electrons. The summed E-state index contributed by atoms with van der Waals surface area (Å²) < 4.78 is 5.47. The number of rotatable bonds is 3. The van der Waals surface area contributed by atoms with Crippen LogP contribution in [-0.4, -0.2) is 41.8 Å². The molecule has 0 spiro atoms. The van der Waals surface area contributed by atoms with Crippen LogP contribution in [0.1, 0.15) is 30.0 Å². The number of likely N-dealkylation sites (tertiary alicyclic amines) is 1. The minimum Gasteiger partial charge on any atom is -0.393 e. The zero-order valence-electron chi connectivity index (χ0n) is 13.0. The number of nitrogens with zero attached hydrogens (tertiary/aromatic N) is 1. The quantitative estimate of drug-likeness (QED) is 0.893. The van der Waals surface area contributed by atoms with Crippen LogP contribution in [0.3, 0.4) is 0 Å². The van der Waals surface area contributed by atoms with Crippen LogP contribution >= 0.6 is 0 Å². The summed E-state index contributed by atoms with van der Waals surface area (Å²) in [6, 6.07) is 6.15. The third kappa shape index (κ3) is 3.25. The highest BCUT2D eigenvalue weighted by Gasteiger charge is 2.29.